The van der Waals surface area contributed by atoms with Crippen LogP contribution in [0, 0.1) is 0 Å². The average Bonchev–Trinajstić information content (AvgIpc) is 2.60. The van der Waals surface area contributed by atoms with Crippen molar-refractivity contribution < 1.29 is 0 Å². The molecule has 1 aromatic heterocycles. The molecule has 1 unspecified atom stereocenters. The van der Waals surface area contributed by atoms with Crippen LogP contribution in [-0.4, -0.2) is 28.3 Å². The summed E-state index contributed by atoms with van der Waals surface area (Å²) in [5, 5.41) is 4.39. The summed E-state index contributed by atoms with van der Waals surface area (Å²) >= 11 is 0. The maximum Gasteiger partial charge on any atom is 0.121 e. The van der Waals surface area contributed by atoms with Gasteiger partial charge < -0.3 is 5.73 Å². The fraction of sp³-hybridized carbons (Fsp3) is 0.667. The highest BCUT2D eigenvalue weighted by atomic mass is 15.3. The summed E-state index contributed by atoms with van der Waals surface area (Å²) in [4.78, 5) is 2.34. The highest BCUT2D eigenvalue weighted by molar-refractivity contribution is 5.32. The van der Waals surface area contributed by atoms with E-state index in [0.29, 0.717) is 6.04 Å². The number of aryl methyl sites for hydroxylation is 1. The number of aromatic nitrogens is 2. The molecule has 0 aliphatic carbocycles. The number of hydrogen-bond acceptors (Lipinski definition) is 3. The van der Waals surface area contributed by atoms with Gasteiger partial charge in [-0.05, 0) is 26.4 Å². The molecule has 2 heterocycles. The van der Waals surface area contributed by atoms with Crippen molar-refractivity contribution in [3.63, 3.8) is 0 Å². The number of anilines is 1. The van der Waals surface area contributed by atoms with Gasteiger partial charge in [-0.3, -0.25) is 9.58 Å². The van der Waals surface area contributed by atoms with Gasteiger partial charge in [-0.25, -0.2) is 0 Å². The lowest BCUT2D eigenvalue weighted by Gasteiger charge is -2.16. The van der Waals surface area contributed by atoms with Crippen LogP contribution in [0.25, 0.3) is 0 Å². The van der Waals surface area contributed by atoms with E-state index in [-0.39, 0.29) is 0 Å². The molecule has 0 saturated carbocycles. The van der Waals surface area contributed by atoms with Crippen molar-refractivity contribution in [2.24, 2.45) is 7.05 Å². The van der Waals surface area contributed by atoms with Crippen LogP contribution in [0.3, 0.4) is 0 Å². The Kier molecular flexibility index (Phi) is 2.00. The number of hydrogen-bond donors (Lipinski definition) is 1. The SMILES string of the molecule is CN1CCCC1c1cc(N)n(C)n1. The molecule has 0 amide bonds. The second-order valence-corrected chi connectivity index (χ2v) is 3.76. The predicted octanol–water partition coefficient (Wildman–Crippen LogP) is 0.769. The Labute approximate surface area is 78.3 Å². The zero-order chi connectivity index (χ0) is 9.42. The van der Waals surface area contributed by atoms with E-state index in [9.17, 15) is 0 Å². The Morgan fingerprint density at radius 2 is 2.31 bits per heavy atom. The Balaban J connectivity index is 2.24. The Morgan fingerprint density at radius 1 is 1.54 bits per heavy atom. The molecule has 0 aromatic carbocycles. The second kappa shape index (κ2) is 3.03. The van der Waals surface area contributed by atoms with E-state index in [1.54, 1.807) is 4.68 Å². The normalized spacial score (nSPS) is 24.0. The molecule has 0 bridgehead atoms. The summed E-state index contributed by atoms with van der Waals surface area (Å²) in [6, 6.07) is 2.45. The van der Waals surface area contributed by atoms with Crippen LogP contribution in [0.1, 0.15) is 24.6 Å². The summed E-state index contributed by atoms with van der Waals surface area (Å²) in [7, 11) is 4.02. The molecule has 0 radical (unpaired) electrons. The van der Waals surface area contributed by atoms with Crippen LogP contribution in [0.4, 0.5) is 5.82 Å². The smallest absolute Gasteiger partial charge is 0.121 e. The van der Waals surface area contributed by atoms with Crippen molar-refractivity contribution in [2.45, 2.75) is 18.9 Å². The zero-order valence-electron chi connectivity index (χ0n) is 8.20. The summed E-state index contributed by atoms with van der Waals surface area (Å²) in [6.07, 6.45) is 2.46. The molecular weight excluding hydrogens is 164 g/mol. The lowest BCUT2D eigenvalue weighted by Crippen LogP contribution is -2.17. The van der Waals surface area contributed by atoms with E-state index in [0.717, 1.165) is 11.5 Å². The quantitative estimate of drug-likeness (QED) is 0.694. The van der Waals surface area contributed by atoms with Crippen LogP contribution in [-0.2, 0) is 7.05 Å². The van der Waals surface area contributed by atoms with E-state index in [1.165, 1.54) is 19.4 Å². The third-order valence-electron chi connectivity index (χ3n) is 2.80. The topological polar surface area (TPSA) is 47.1 Å². The van der Waals surface area contributed by atoms with Crippen molar-refractivity contribution in [3.05, 3.63) is 11.8 Å². The first-order valence-corrected chi connectivity index (χ1v) is 4.68. The van der Waals surface area contributed by atoms with Crippen molar-refractivity contribution in [3.8, 4) is 0 Å². The zero-order valence-corrected chi connectivity index (χ0v) is 8.20. The Hall–Kier alpha value is -1.03. The van der Waals surface area contributed by atoms with Gasteiger partial charge in [-0.2, -0.15) is 5.10 Å². The highest BCUT2D eigenvalue weighted by Crippen LogP contribution is 2.29. The van der Waals surface area contributed by atoms with Crippen molar-refractivity contribution >= 4 is 5.82 Å². The number of rotatable bonds is 1. The number of nitrogens with zero attached hydrogens (tertiary/aromatic N) is 3. The molecule has 0 spiro atoms. The third kappa shape index (κ3) is 1.42. The molecule has 13 heavy (non-hydrogen) atoms. The van der Waals surface area contributed by atoms with Crippen molar-refractivity contribution in [1.29, 1.82) is 0 Å². The van der Waals surface area contributed by atoms with Gasteiger partial charge in [0, 0.05) is 13.1 Å². The van der Waals surface area contributed by atoms with Crippen LogP contribution in [0.5, 0.6) is 0 Å². The van der Waals surface area contributed by atoms with E-state index < -0.39 is 0 Å². The summed E-state index contributed by atoms with van der Waals surface area (Å²) in [6.45, 7) is 1.17. The molecule has 4 heteroatoms. The van der Waals surface area contributed by atoms with E-state index in [4.69, 9.17) is 5.73 Å². The first kappa shape index (κ1) is 8.56. The van der Waals surface area contributed by atoms with Crippen molar-refractivity contribution in [2.75, 3.05) is 19.3 Å². The van der Waals surface area contributed by atoms with Gasteiger partial charge in [0.25, 0.3) is 0 Å². The summed E-state index contributed by atoms with van der Waals surface area (Å²) in [5.74, 6) is 0.746. The lowest BCUT2D eigenvalue weighted by molar-refractivity contribution is 0.310. The molecule has 1 aliphatic heterocycles. The van der Waals surface area contributed by atoms with Gasteiger partial charge in [-0.1, -0.05) is 0 Å². The molecular formula is C9H16N4. The molecule has 2 rings (SSSR count). The Bertz CT molecular complexity index is 285. The fourth-order valence-corrected chi connectivity index (χ4v) is 1.95. The molecule has 1 atom stereocenters. The van der Waals surface area contributed by atoms with E-state index in [2.05, 4.69) is 17.0 Å². The van der Waals surface area contributed by atoms with Crippen LogP contribution in [0.2, 0.25) is 0 Å². The molecule has 1 saturated heterocycles. The minimum absolute atomic E-state index is 0.475. The fourth-order valence-electron chi connectivity index (χ4n) is 1.95. The molecule has 72 valence electrons. The largest absolute Gasteiger partial charge is 0.384 e. The summed E-state index contributed by atoms with van der Waals surface area (Å²) in [5.41, 5.74) is 6.85. The third-order valence-corrected chi connectivity index (χ3v) is 2.80. The van der Waals surface area contributed by atoms with Crippen LogP contribution < -0.4 is 5.73 Å². The maximum absolute atomic E-state index is 5.74. The van der Waals surface area contributed by atoms with Crippen LogP contribution >= 0.6 is 0 Å². The van der Waals surface area contributed by atoms with Gasteiger partial charge in [0.05, 0.1) is 11.7 Å². The van der Waals surface area contributed by atoms with Gasteiger partial charge in [0.15, 0.2) is 0 Å². The lowest BCUT2D eigenvalue weighted by atomic mass is 10.1. The molecule has 1 aliphatic rings. The van der Waals surface area contributed by atoms with E-state index in [1.807, 2.05) is 13.1 Å². The number of nitrogen functional groups attached to an aromatic ring is 1. The minimum atomic E-state index is 0.475. The monoisotopic (exact) mass is 180 g/mol. The van der Waals surface area contributed by atoms with Gasteiger partial charge in [0.1, 0.15) is 5.82 Å². The molecule has 1 aromatic rings. The average molecular weight is 180 g/mol. The highest BCUT2D eigenvalue weighted by Gasteiger charge is 2.24. The molecule has 1 fully saturated rings. The van der Waals surface area contributed by atoms with E-state index >= 15 is 0 Å². The van der Waals surface area contributed by atoms with Gasteiger partial charge in [-0.15, -0.1) is 0 Å². The minimum Gasteiger partial charge on any atom is -0.384 e. The second-order valence-electron chi connectivity index (χ2n) is 3.76. The maximum atomic E-state index is 5.74. The first-order chi connectivity index (χ1) is 6.18. The standard InChI is InChI=1S/C9H16N4/c1-12-5-3-4-8(12)7-6-9(10)13(2)11-7/h6,8H,3-5,10H2,1-2H3. The number of nitrogens with two attached hydrogens (primary N) is 1. The first-order valence-electron chi connectivity index (χ1n) is 4.68. The number of likely N-dealkylation sites (tertiary alicyclic amines) is 1. The van der Waals surface area contributed by atoms with Crippen molar-refractivity contribution in [1.82, 2.24) is 14.7 Å². The van der Waals surface area contributed by atoms with Crippen LogP contribution in [0.15, 0.2) is 6.07 Å². The Morgan fingerprint density at radius 3 is 2.77 bits per heavy atom. The predicted molar refractivity (Wildman–Crippen MR) is 52.2 cm³/mol. The molecule has 4 nitrogen and oxygen atoms in total. The molecule has 2 N–H and O–H groups in total. The van der Waals surface area contributed by atoms with Gasteiger partial charge >= 0.3 is 0 Å². The summed E-state index contributed by atoms with van der Waals surface area (Å²) < 4.78 is 1.74. The van der Waals surface area contributed by atoms with Gasteiger partial charge in [0.2, 0.25) is 0 Å².